The Bertz CT molecular complexity index is 3510. The fraction of sp³-hybridized carbons (Fsp3) is 0. The van der Waals surface area contributed by atoms with Crippen molar-refractivity contribution in [1.29, 1.82) is 0 Å². The summed E-state index contributed by atoms with van der Waals surface area (Å²) in [6.45, 7) is 0. The maximum absolute atomic E-state index is 9.60. The maximum Gasteiger partial charge on any atom is 0.140 e. The molecule has 0 spiro atoms. The van der Waals surface area contributed by atoms with E-state index in [0.29, 0.717) is 27.8 Å². The topological polar surface area (TPSA) is 27.7 Å². The Balaban J connectivity index is 1.35. The molecule has 4 nitrogen and oxygen atoms in total. The molecule has 238 valence electrons. The van der Waals surface area contributed by atoms with E-state index in [9.17, 15) is 4.11 Å². The van der Waals surface area contributed by atoms with Crippen LogP contribution in [0.1, 0.15) is 11.0 Å². The van der Waals surface area contributed by atoms with E-state index in [-0.39, 0.29) is 64.8 Å². The third-order valence-electron chi connectivity index (χ3n) is 9.90. The zero-order valence-corrected chi connectivity index (χ0v) is 27.0. The predicted molar refractivity (Wildman–Crippen MR) is 213 cm³/mol. The zero-order chi connectivity index (χ0) is 40.4. The van der Waals surface area contributed by atoms with Gasteiger partial charge in [-0.15, -0.1) is 0 Å². The summed E-state index contributed by atoms with van der Waals surface area (Å²) in [6, 6.07) is 40.4. The molecule has 0 aliphatic heterocycles. The number of para-hydroxylation sites is 7. The van der Waals surface area contributed by atoms with Gasteiger partial charge < -0.3 is 9.13 Å². The molecule has 4 heteroatoms. The lowest BCUT2D eigenvalue weighted by molar-refractivity contribution is 1.06. The second kappa shape index (κ2) is 10.8. The van der Waals surface area contributed by atoms with E-state index >= 15 is 0 Å². The average Bonchev–Trinajstić information content (AvgIpc) is 3.91. The van der Waals surface area contributed by atoms with Gasteiger partial charge in [0.25, 0.3) is 0 Å². The lowest BCUT2D eigenvalue weighted by Gasteiger charge is -2.17. The molecule has 0 aliphatic carbocycles. The van der Waals surface area contributed by atoms with Gasteiger partial charge in [0.2, 0.25) is 0 Å². The van der Waals surface area contributed by atoms with Crippen LogP contribution in [0.15, 0.2) is 182 Å². The van der Waals surface area contributed by atoms with E-state index in [1.54, 1.807) is 4.57 Å². The van der Waals surface area contributed by atoms with Gasteiger partial charge in [0.1, 0.15) is 5.82 Å². The van der Waals surface area contributed by atoms with Crippen LogP contribution in [0.25, 0.3) is 93.9 Å². The molecule has 0 unspecified atom stereocenters. The molecule has 0 N–H and O–H groups in total. The van der Waals surface area contributed by atoms with E-state index in [0.717, 1.165) is 43.6 Å². The number of hydrogen-bond donors (Lipinski definition) is 0. The number of fused-ring (bicyclic) bond motifs is 9. The molecule has 11 aromatic rings. The second-order valence-electron chi connectivity index (χ2n) is 12.6. The van der Waals surface area contributed by atoms with Crippen LogP contribution in [-0.4, -0.2) is 18.7 Å². The van der Waals surface area contributed by atoms with Gasteiger partial charge in [-0.05, 0) is 48.5 Å². The van der Waals surface area contributed by atoms with Crippen LogP contribution in [0, 0.1) is 0 Å². The summed E-state index contributed by atoms with van der Waals surface area (Å²) in [5.74, 6) is 0.302. The van der Waals surface area contributed by atoms with Gasteiger partial charge in [0.15, 0.2) is 0 Å². The first kappa shape index (κ1) is 21.2. The number of aromatic nitrogens is 4. The molecule has 7 aromatic carbocycles. The van der Waals surface area contributed by atoms with Crippen LogP contribution in [0.3, 0.4) is 0 Å². The minimum absolute atomic E-state index is 0.166. The number of rotatable bonds is 4. The van der Waals surface area contributed by atoms with Crippen LogP contribution in [0.2, 0.25) is 0 Å². The Labute approximate surface area is 304 Å². The van der Waals surface area contributed by atoms with E-state index in [2.05, 4.69) is 16.7 Å². The summed E-state index contributed by atoms with van der Waals surface area (Å²) in [4.78, 5) is 5.28. The van der Waals surface area contributed by atoms with Gasteiger partial charge in [-0.3, -0.25) is 4.57 Å². The van der Waals surface area contributed by atoms with Crippen LogP contribution in [-0.2, 0) is 0 Å². The quantitative estimate of drug-likeness (QED) is 0.185. The third kappa shape index (κ3) is 4.05. The highest BCUT2D eigenvalue weighted by Gasteiger charge is 2.20. The van der Waals surface area contributed by atoms with E-state index < -0.39 is 6.04 Å². The second-order valence-corrected chi connectivity index (χ2v) is 12.6. The molecular weight excluding hydrogens is 621 g/mol. The highest BCUT2D eigenvalue weighted by atomic mass is 15.1. The number of nitrogens with zero attached hydrogens (tertiary/aromatic N) is 4. The largest absolute Gasteiger partial charge is 0.309 e. The van der Waals surface area contributed by atoms with Crippen molar-refractivity contribution >= 4 is 65.4 Å². The Morgan fingerprint density at radius 3 is 1.43 bits per heavy atom. The smallest absolute Gasteiger partial charge is 0.140 e. The summed E-state index contributed by atoms with van der Waals surface area (Å²) >= 11 is 0. The van der Waals surface area contributed by atoms with Gasteiger partial charge in [0, 0.05) is 43.9 Å². The minimum Gasteiger partial charge on any atom is -0.309 e. The van der Waals surface area contributed by atoms with Crippen molar-refractivity contribution in [3.63, 3.8) is 0 Å². The Kier molecular flexibility index (Phi) is 4.49. The van der Waals surface area contributed by atoms with Crippen LogP contribution < -0.4 is 0 Å². The van der Waals surface area contributed by atoms with E-state index in [1.807, 2.05) is 126 Å². The molecule has 0 amide bonds. The summed E-state index contributed by atoms with van der Waals surface area (Å²) in [5, 5.41) is 4.85. The van der Waals surface area contributed by atoms with Crippen molar-refractivity contribution in [2.75, 3.05) is 0 Å². The fourth-order valence-corrected chi connectivity index (χ4v) is 7.80. The van der Waals surface area contributed by atoms with Crippen molar-refractivity contribution in [1.82, 2.24) is 18.7 Å². The normalized spacial score (nSPS) is 14.1. The van der Waals surface area contributed by atoms with Crippen molar-refractivity contribution < 1.29 is 11.0 Å². The summed E-state index contributed by atoms with van der Waals surface area (Å²) < 4.78 is 78.4. The Hall–Kier alpha value is -6.91. The lowest BCUT2D eigenvalue weighted by Crippen LogP contribution is -2.04. The summed E-state index contributed by atoms with van der Waals surface area (Å²) in [6.07, 6.45) is 0. The molecule has 0 saturated carbocycles. The van der Waals surface area contributed by atoms with Gasteiger partial charge in [0.05, 0.1) is 61.1 Å². The highest BCUT2D eigenvalue weighted by molar-refractivity contribution is 6.11. The molecule has 4 aromatic heterocycles. The van der Waals surface area contributed by atoms with Crippen LogP contribution in [0.5, 0.6) is 0 Å². The maximum atomic E-state index is 9.60. The molecular formula is C47H30N4. The average molecular weight is 659 g/mol. The third-order valence-corrected chi connectivity index (χ3v) is 9.90. The first-order valence-corrected chi connectivity index (χ1v) is 16.8. The summed E-state index contributed by atoms with van der Waals surface area (Å²) in [5.41, 5.74) is 5.46. The molecule has 0 fully saturated rings. The Morgan fingerprint density at radius 1 is 0.392 bits per heavy atom. The van der Waals surface area contributed by atoms with E-state index in [1.165, 1.54) is 0 Å². The van der Waals surface area contributed by atoms with Crippen LogP contribution in [0.4, 0.5) is 0 Å². The SMILES string of the molecule is [2H]c1c([2H])c([2H])c(-n2c3ccccc3c3ccccc32)c(-c2cc(-n3c4ccccc4c4ccccc43)cc(-n3c4ccccc4c4c([2H])c([2H])c([2H])c([2H])c43)n2)c1[2H]. The first-order valence-electron chi connectivity index (χ1n) is 20.8. The summed E-state index contributed by atoms with van der Waals surface area (Å²) in [7, 11) is 0. The molecule has 4 heterocycles. The molecule has 11 rings (SSSR count). The number of hydrogen-bond acceptors (Lipinski definition) is 1. The molecule has 0 atom stereocenters. The zero-order valence-electron chi connectivity index (χ0n) is 35.0. The predicted octanol–water partition coefficient (Wildman–Crippen LogP) is 12.0. The lowest BCUT2D eigenvalue weighted by atomic mass is 10.1. The monoisotopic (exact) mass is 658 g/mol. The standard InChI is InChI=1S/C47H30N4/c1-8-22-40-32(15-1)33-16-2-9-23-41(33)49(40)31-29-39(48-47(30-31)51-44-26-12-5-19-36(44)37-20-6-13-27-45(37)51)38-21-7-14-28-46(38)50-42-24-10-3-17-34(42)35-18-4-11-25-43(35)50/h1-30H/i5D,7D,12D,14D,19D,21D,26D,28D. The molecule has 0 saturated heterocycles. The van der Waals surface area contributed by atoms with Crippen molar-refractivity contribution in [3.05, 3.63) is 182 Å². The molecule has 0 aliphatic rings. The van der Waals surface area contributed by atoms with Crippen molar-refractivity contribution in [2.45, 2.75) is 0 Å². The molecule has 0 bridgehead atoms. The van der Waals surface area contributed by atoms with E-state index in [4.69, 9.17) is 11.8 Å². The number of benzene rings is 7. The van der Waals surface area contributed by atoms with Gasteiger partial charge >= 0.3 is 0 Å². The highest BCUT2D eigenvalue weighted by Crippen LogP contribution is 2.39. The van der Waals surface area contributed by atoms with Gasteiger partial charge in [-0.2, -0.15) is 0 Å². The van der Waals surface area contributed by atoms with Gasteiger partial charge in [-0.25, -0.2) is 4.98 Å². The van der Waals surface area contributed by atoms with Gasteiger partial charge in [-0.1, -0.05) is 127 Å². The van der Waals surface area contributed by atoms with Crippen molar-refractivity contribution in [2.24, 2.45) is 0 Å². The first-order chi connectivity index (χ1) is 28.7. The molecule has 0 radical (unpaired) electrons. The molecule has 51 heavy (non-hydrogen) atoms. The Morgan fingerprint density at radius 2 is 0.843 bits per heavy atom. The number of pyridine rings is 1. The van der Waals surface area contributed by atoms with Crippen LogP contribution >= 0.6 is 0 Å². The van der Waals surface area contributed by atoms with Crippen molar-refractivity contribution in [3.8, 4) is 28.5 Å². The fourth-order valence-electron chi connectivity index (χ4n) is 7.80. The minimum atomic E-state index is -0.411.